The van der Waals surface area contributed by atoms with Gasteiger partial charge in [-0.2, -0.15) is 0 Å². The van der Waals surface area contributed by atoms with Gasteiger partial charge in [-0.3, -0.25) is 4.79 Å². The highest BCUT2D eigenvalue weighted by molar-refractivity contribution is 5.97. The number of nitrogens with zero attached hydrogens (tertiary/aromatic N) is 4. The van der Waals surface area contributed by atoms with E-state index in [0.717, 1.165) is 23.9 Å². The first-order valence-electron chi connectivity index (χ1n) is 8.19. The average molecular weight is 316 g/mol. The fourth-order valence-corrected chi connectivity index (χ4v) is 3.44. The highest BCUT2D eigenvalue weighted by Crippen LogP contribution is 2.30. The van der Waals surface area contributed by atoms with Crippen molar-refractivity contribution < 1.29 is 9.53 Å². The number of carbonyl (C=O) groups excluding carboxylic acids is 1. The maximum atomic E-state index is 13.0. The van der Waals surface area contributed by atoms with E-state index in [9.17, 15) is 4.79 Å². The van der Waals surface area contributed by atoms with Crippen LogP contribution in [0.2, 0.25) is 0 Å². The van der Waals surface area contributed by atoms with Crippen LogP contribution in [0.5, 0.6) is 0 Å². The fourth-order valence-electron chi connectivity index (χ4n) is 3.44. The van der Waals surface area contributed by atoms with Crippen LogP contribution in [0.1, 0.15) is 36.5 Å². The Balaban J connectivity index is 1.85. The summed E-state index contributed by atoms with van der Waals surface area (Å²) in [5.41, 5.74) is 2.36. The Morgan fingerprint density at radius 1 is 1.43 bits per heavy atom. The fraction of sp³-hybridized carbons (Fsp3) is 0.588. The SMILES string of the molecule is COCCN(C(=O)c1ccc2c(c1)nnn2C)C1CCC(C)C1. The van der Waals surface area contributed by atoms with Crippen LogP contribution in [-0.2, 0) is 11.8 Å². The molecule has 23 heavy (non-hydrogen) atoms. The van der Waals surface area contributed by atoms with Crippen molar-refractivity contribution >= 4 is 16.9 Å². The Morgan fingerprint density at radius 3 is 2.96 bits per heavy atom. The van der Waals surface area contributed by atoms with Gasteiger partial charge in [-0.25, -0.2) is 4.68 Å². The van der Waals surface area contributed by atoms with Crippen molar-refractivity contribution in [3.05, 3.63) is 23.8 Å². The molecule has 1 fully saturated rings. The van der Waals surface area contributed by atoms with E-state index in [2.05, 4.69) is 17.2 Å². The number of fused-ring (bicyclic) bond motifs is 1. The molecule has 1 heterocycles. The predicted molar refractivity (Wildman–Crippen MR) is 88.2 cm³/mol. The minimum atomic E-state index is 0.0636. The first kappa shape index (κ1) is 15.9. The summed E-state index contributed by atoms with van der Waals surface area (Å²) < 4.78 is 6.91. The third kappa shape index (κ3) is 3.22. The van der Waals surface area contributed by atoms with Gasteiger partial charge in [0, 0.05) is 32.3 Å². The second-order valence-corrected chi connectivity index (χ2v) is 6.48. The van der Waals surface area contributed by atoms with Gasteiger partial charge in [-0.1, -0.05) is 12.1 Å². The van der Waals surface area contributed by atoms with E-state index in [1.165, 1.54) is 6.42 Å². The first-order chi connectivity index (χ1) is 11.1. The third-order valence-electron chi connectivity index (χ3n) is 4.76. The van der Waals surface area contributed by atoms with Crippen LogP contribution in [0.4, 0.5) is 0 Å². The molecule has 0 radical (unpaired) electrons. The van der Waals surface area contributed by atoms with Gasteiger partial charge < -0.3 is 9.64 Å². The van der Waals surface area contributed by atoms with Crippen LogP contribution < -0.4 is 0 Å². The predicted octanol–water partition coefficient (Wildman–Crippen LogP) is 2.25. The Labute approximate surface area is 136 Å². The average Bonchev–Trinajstić information content (AvgIpc) is 3.14. The molecule has 2 atom stereocenters. The van der Waals surface area contributed by atoms with Gasteiger partial charge in [0.1, 0.15) is 5.52 Å². The smallest absolute Gasteiger partial charge is 0.254 e. The summed E-state index contributed by atoms with van der Waals surface area (Å²) in [5.74, 6) is 0.744. The van der Waals surface area contributed by atoms with Gasteiger partial charge in [0.25, 0.3) is 5.91 Å². The molecule has 1 amide bonds. The van der Waals surface area contributed by atoms with Crippen LogP contribution in [0.15, 0.2) is 18.2 Å². The number of amides is 1. The number of rotatable bonds is 5. The summed E-state index contributed by atoms with van der Waals surface area (Å²) in [6.45, 7) is 3.44. The number of benzene rings is 1. The lowest BCUT2D eigenvalue weighted by molar-refractivity contribution is 0.0602. The van der Waals surface area contributed by atoms with Gasteiger partial charge >= 0.3 is 0 Å². The van der Waals surface area contributed by atoms with E-state index in [1.54, 1.807) is 11.8 Å². The van der Waals surface area contributed by atoms with Crippen molar-refractivity contribution in [1.29, 1.82) is 0 Å². The van der Waals surface area contributed by atoms with Crippen molar-refractivity contribution in [3.63, 3.8) is 0 Å². The molecule has 1 saturated carbocycles. The zero-order valence-corrected chi connectivity index (χ0v) is 14.0. The molecule has 6 heteroatoms. The number of hydrogen-bond donors (Lipinski definition) is 0. The standard InChI is InChI=1S/C17H24N4O2/c1-12-4-6-14(10-12)21(8-9-23-3)17(22)13-5-7-16-15(11-13)18-19-20(16)2/h5,7,11-12,14H,4,6,8-10H2,1-3H3. The van der Waals surface area contributed by atoms with Crippen LogP contribution >= 0.6 is 0 Å². The topological polar surface area (TPSA) is 60.2 Å². The zero-order chi connectivity index (χ0) is 16.4. The highest BCUT2D eigenvalue weighted by atomic mass is 16.5. The van der Waals surface area contributed by atoms with Crippen LogP contribution in [0.25, 0.3) is 11.0 Å². The first-order valence-corrected chi connectivity index (χ1v) is 8.19. The van der Waals surface area contributed by atoms with Gasteiger partial charge in [-0.15, -0.1) is 5.10 Å². The highest BCUT2D eigenvalue weighted by Gasteiger charge is 2.30. The quantitative estimate of drug-likeness (QED) is 0.849. The van der Waals surface area contributed by atoms with E-state index in [-0.39, 0.29) is 5.91 Å². The third-order valence-corrected chi connectivity index (χ3v) is 4.76. The van der Waals surface area contributed by atoms with E-state index < -0.39 is 0 Å². The van der Waals surface area contributed by atoms with Gasteiger partial charge in [-0.05, 0) is 43.4 Å². The molecule has 0 N–H and O–H groups in total. The maximum Gasteiger partial charge on any atom is 0.254 e. The molecule has 2 aromatic rings. The van der Waals surface area contributed by atoms with Crippen LogP contribution in [0, 0.1) is 5.92 Å². The van der Waals surface area contributed by atoms with E-state index in [4.69, 9.17) is 4.74 Å². The zero-order valence-electron chi connectivity index (χ0n) is 14.0. The molecule has 1 aliphatic carbocycles. The molecule has 0 saturated heterocycles. The molecular formula is C17H24N4O2. The number of methoxy groups -OCH3 is 1. The molecule has 0 aliphatic heterocycles. The van der Waals surface area contributed by atoms with Crippen molar-refractivity contribution in [3.8, 4) is 0 Å². The Morgan fingerprint density at radius 2 is 2.26 bits per heavy atom. The molecule has 124 valence electrons. The van der Waals surface area contributed by atoms with Crippen molar-refractivity contribution in [2.45, 2.75) is 32.2 Å². The second kappa shape index (κ2) is 6.66. The lowest BCUT2D eigenvalue weighted by Crippen LogP contribution is -2.41. The summed E-state index contributed by atoms with van der Waals surface area (Å²) in [4.78, 5) is 15.0. The van der Waals surface area contributed by atoms with Crippen LogP contribution in [-0.4, -0.2) is 52.1 Å². The minimum Gasteiger partial charge on any atom is -0.383 e. The van der Waals surface area contributed by atoms with E-state index >= 15 is 0 Å². The van der Waals surface area contributed by atoms with Gasteiger partial charge in [0.05, 0.1) is 12.1 Å². The van der Waals surface area contributed by atoms with Crippen molar-refractivity contribution in [2.24, 2.45) is 13.0 Å². The molecule has 6 nitrogen and oxygen atoms in total. The van der Waals surface area contributed by atoms with E-state index in [0.29, 0.717) is 30.7 Å². The number of hydrogen-bond acceptors (Lipinski definition) is 4. The Kier molecular flexibility index (Phi) is 4.61. The number of carbonyl (C=O) groups is 1. The molecule has 0 spiro atoms. The molecule has 1 aromatic heterocycles. The minimum absolute atomic E-state index is 0.0636. The molecular weight excluding hydrogens is 292 g/mol. The van der Waals surface area contributed by atoms with Gasteiger partial charge in [0.15, 0.2) is 0 Å². The lowest BCUT2D eigenvalue weighted by atomic mass is 10.1. The largest absolute Gasteiger partial charge is 0.383 e. The van der Waals surface area contributed by atoms with Crippen molar-refractivity contribution in [2.75, 3.05) is 20.3 Å². The molecule has 3 rings (SSSR count). The van der Waals surface area contributed by atoms with Crippen molar-refractivity contribution in [1.82, 2.24) is 19.9 Å². The Bertz CT molecular complexity index is 697. The molecule has 2 unspecified atom stereocenters. The summed E-state index contributed by atoms with van der Waals surface area (Å²) in [7, 11) is 3.52. The molecule has 0 bridgehead atoms. The van der Waals surface area contributed by atoms with E-state index in [1.807, 2.05) is 30.1 Å². The Hall–Kier alpha value is -1.95. The number of aryl methyl sites for hydroxylation is 1. The monoisotopic (exact) mass is 316 g/mol. The number of aromatic nitrogens is 3. The number of ether oxygens (including phenoxy) is 1. The summed E-state index contributed by atoms with van der Waals surface area (Å²) >= 11 is 0. The maximum absolute atomic E-state index is 13.0. The van der Waals surface area contributed by atoms with Gasteiger partial charge in [0.2, 0.25) is 0 Å². The summed E-state index contributed by atoms with van der Waals surface area (Å²) in [5, 5.41) is 8.11. The molecule has 1 aromatic carbocycles. The molecule has 1 aliphatic rings. The summed E-state index contributed by atoms with van der Waals surface area (Å²) in [6, 6.07) is 5.92. The second-order valence-electron chi connectivity index (χ2n) is 6.48. The lowest BCUT2D eigenvalue weighted by Gasteiger charge is -2.29. The van der Waals surface area contributed by atoms with Crippen LogP contribution in [0.3, 0.4) is 0 Å². The summed E-state index contributed by atoms with van der Waals surface area (Å²) in [6.07, 6.45) is 3.33. The normalized spacial score (nSPS) is 21.0.